The highest BCUT2D eigenvalue weighted by Gasteiger charge is 2.44. The van der Waals surface area contributed by atoms with Gasteiger partial charge in [-0.05, 0) is 188 Å². The molecule has 0 atom stereocenters. The van der Waals surface area contributed by atoms with Crippen molar-refractivity contribution in [3.05, 3.63) is 245 Å². The van der Waals surface area contributed by atoms with Crippen molar-refractivity contribution in [2.24, 2.45) is 0 Å². The Labute approximate surface area is 476 Å². The molecule has 4 aliphatic rings. The van der Waals surface area contributed by atoms with Gasteiger partial charge in [0.2, 0.25) is 0 Å². The van der Waals surface area contributed by atoms with Crippen LogP contribution < -0.4 is 19.6 Å². The molecule has 12 nitrogen and oxygen atoms in total. The zero-order valence-corrected chi connectivity index (χ0v) is 47.9. The minimum Gasteiger partial charge on any atom is -0.288 e. The highest BCUT2D eigenvalue weighted by molar-refractivity contribution is 6.44. The van der Waals surface area contributed by atoms with Gasteiger partial charge in [-0.2, -0.15) is 0 Å². The molecule has 13 rings (SSSR count). The number of carbonyl (C=O) groups excluding carboxylic acids is 4. The maximum atomic E-state index is 14.8. The molecule has 0 saturated carbocycles. The average molecular weight is 1080 g/mol. The van der Waals surface area contributed by atoms with Gasteiger partial charge in [0, 0.05) is 22.3 Å². The number of carbonyl (C=O) groups is 4. The molecule has 402 valence electrons. The van der Waals surface area contributed by atoms with Crippen LogP contribution in [-0.2, 0) is 0 Å². The Balaban J connectivity index is 0.934. The lowest BCUT2D eigenvalue weighted by Crippen LogP contribution is -2.24. The summed E-state index contributed by atoms with van der Waals surface area (Å²) in [5.41, 5.74) is 18.9. The summed E-state index contributed by atoms with van der Waals surface area (Å²) in [5.74, 6) is 1.42. The molecule has 0 bridgehead atoms. The number of ketones is 4. The van der Waals surface area contributed by atoms with Crippen molar-refractivity contribution in [3.8, 4) is 0 Å². The van der Waals surface area contributed by atoms with Gasteiger partial charge in [-0.25, -0.2) is 19.9 Å². The fourth-order valence-electron chi connectivity index (χ4n) is 13.2. The number of para-hydroxylation sites is 4. The van der Waals surface area contributed by atoms with Crippen molar-refractivity contribution < 1.29 is 19.2 Å². The van der Waals surface area contributed by atoms with Crippen LogP contribution >= 0.6 is 0 Å². The molecule has 0 amide bonds. The Kier molecular flexibility index (Phi) is 11.8. The molecule has 82 heavy (non-hydrogen) atoms. The van der Waals surface area contributed by atoms with E-state index < -0.39 is 23.1 Å². The third-order valence-electron chi connectivity index (χ3n) is 16.2. The van der Waals surface area contributed by atoms with Crippen molar-refractivity contribution >= 4 is 91.2 Å². The largest absolute Gasteiger partial charge is 0.288 e. The van der Waals surface area contributed by atoms with Gasteiger partial charge in [-0.3, -0.25) is 38.8 Å². The lowest BCUT2D eigenvalue weighted by Gasteiger charge is -2.29. The zero-order chi connectivity index (χ0) is 57.5. The van der Waals surface area contributed by atoms with Crippen LogP contribution in [0.15, 0.2) is 156 Å². The second kappa shape index (κ2) is 18.8. The van der Waals surface area contributed by atoms with E-state index in [1.165, 1.54) is 12.1 Å². The van der Waals surface area contributed by atoms with Crippen molar-refractivity contribution in [1.29, 1.82) is 0 Å². The van der Waals surface area contributed by atoms with E-state index in [0.717, 1.165) is 89.5 Å². The monoisotopic (exact) mass is 1070 g/mol. The fraction of sp³-hybridized carbons (Fsp3) is 0.171. The molecule has 0 radical (unpaired) electrons. The summed E-state index contributed by atoms with van der Waals surface area (Å²) in [6, 6.07) is 35.4. The van der Waals surface area contributed by atoms with Gasteiger partial charge in [0.05, 0.1) is 56.0 Å². The van der Waals surface area contributed by atoms with Crippen molar-refractivity contribution in [1.82, 2.24) is 19.9 Å². The van der Waals surface area contributed by atoms with Crippen LogP contribution in [0.3, 0.4) is 0 Å². The number of benzene rings is 7. The lowest BCUT2D eigenvalue weighted by molar-refractivity contribution is 0.0977. The third-order valence-corrected chi connectivity index (χ3v) is 16.2. The fourth-order valence-corrected chi connectivity index (χ4v) is 13.2. The first-order valence-electron chi connectivity index (χ1n) is 27.5. The number of nitrogens with zero attached hydrogens (tertiary/aromatic N) is 8. The quantitative estimate of drug-likeness (QED) is 0.116. The van der Waals surface area contributed by atoms with Gasteiger partial charge >= 0.3 is 0 Å². The van der Waals surface area contributed by atoms with E-state index in [4.69, 9.17) is 19.9 Å². The van der Waals surface area contributed by atoms with E-state index in [0.29, 0.717) is 57.0 Å². The Morgan fingerprint density at radius 1 is 0.293 bits per heavy atom. The summed E-state index contributed by atoms with van der Waals surface area (Å²) in [4.78, 5) is 88.7. The summed E-state index contributed by atoms with van der Waals surface area (Å²) >= 11 is 0. The van der Waals surface area contributed by atoms with Gasteiger partial charge in [0.1, 0.15) is 11.6 Å². The molecule has 2 aliphatic carbocycles. The molecule has 0 saturated heterocycles. The maximum Gasteiger partial charge on any atom is 0.197 e. The summed E-state index contributed by atoms with van der Waals surface area (Å²) in [7, 11) is 0. The molecule has 0 N–H and O–H groups in total. The van der Waals surface area contributed by atoms with Crippen LogP contribution in [0.2, 0.25) is 0 Å². The predicted molar refractivity (Wildman–Crippen MR) is 326 cm³/mol. The molecular formula is C70H58N8O4. The van der Waals surface area contributed by atoms with E-state index in [2.05, 4.69) is 151 Å². The second-order valence-electron chi connectivity index (χ2n) is 22.5. The zero-order valence-electron chi connectivity index (χ0n) is 47.9. The standard InChI is InChI=1S/C70H58N8O4/c1-35-25-39(5)59(40(6)26-35)75-57(76(60-41(7)27-36(2)28-42(60)8)68-67(75)71-53-17-13-14-18-54(53)72-68)23-21-47-63(79)49-33-51-52(34-50(49)64(47)80)66(82)48(65(51)81)22-24-58-77(61-43(9)29-37(3)30-44(61)10)69-70(74-56-20-16-15-19-55(56)73-69)78(58)62-45(11)31-38(4)32-46(62)12/h13-34H,1-12H3. The summed E-state index contributed by atoms with van der Waals surface area (Å²) in [5, 5.41) is 0. The van der Waals surface area contributed by atoms with Gasteiger partial charge in [-0.1, -0.05) is 95.1 Å². The summed E-state index contributed by atoms with van der Waals surface area (Å²) in [6.07, 6.45) is 6.71. The number of fused-ring (bicyclic) bond motifs is 6. The molecule has 0 fully saturated rings. The van der Waals surface area contributed by atoms with Crippen LogP contribution in [-0.4, -0.2) is 43.1 Å². The Morgan fingerprint density at radius 3 is 0.707 bits per heavy atom. The Bertz CT molecular complexity index is 3950. The number of anilines is 8. The first-order valence-corrected chi connectivity index (χ1v) is 27.5. The number of hydrogen-bond donors (Lipinski definition) is 0. The Morgan fingerprint density at radius 2 is 0.500 bits per heavy atom. The molecule has 7 aromatic carbocycles. The van der Waals surface area contributed by atoms with Crippen LogP contribution in [0.25, 0.3) is 22.1 Å². The molecule has 0 unspecified atom stereocenters. The number of Topliss-reactive ketones (excluding diaryl/α,β-unsaturated/α-hetero) is 4. The van der Waals surface area contributed by atoms with E-state index >= 15 is 0 Å². The van der Waals surface area contributed by atoms with E-state index in [-0.39, 0.29) is 33.4 Å². The third kappa shape index (κ3) is 7.87. The number of allylic oxidation sites excluding steroid dienone is 6. The van der Waals surface area contributed by atoms with Gasteiger partial charge in [0.15, 0.2) is 46.4 Å². The first kappa shape index (κ1) is 51.5. The highest BCUT2D eigenvalue weighted by Crippen LogP contribution is 2.54. The average Bonchev–Trinajstić information content (AvgIpc) is 2.36. The molecular weight excluding hydrogens is 1020 g/mol. The smallest absolute Gasteiger partial charge is 0.197 e. The van der Waals surface area contributed by atoms with Crippen molar-refractivity contribution in [3.63, 3.8) is 0 Å². The minimum atomic E-state index is -0.546. The van der Waals surface area contributed by atoms with Crippen molar-refractivity contribution in [2.75, 3.05) is 19.6 Å². The maximum absolute atomic E-state index is 14.8. The van der Waals surface area contributed by atoms with Crippen LogP contribution in [0.4, 0.5) is 46.0 Å². The highest BCUT2D eigenvalue weighted by atomic mass is 16.2. The SMILES string of the molecule is Cc1cc(C)c(N2C(=CC=C3C(=O)c4cc5c(cc4C3=O)C(=O)C(=CC=C3N(c4c(C)cc(C)cc4C)c4nc6ccccc6nc4N3c3c(C)cc(C)cc3C)C5=O)N(c3c(C)cc(C)cc3C)c3nc4ccccc4nc32)c(C)c1. The molecule has 12 heteroatoms. The minimum absolute atomic E-state index is 0.0612. The van der Waals surface area contributed by atoms with Gasteiger partial charge in [-0.15, -0.1) is 0 Å². The molecule has 0 spiro atoms. The van der Waals surface area contributed by atoms with Crippen molar-refractivity contribution in [2.45, 2.75) is 83.1 Å². The topological polar surface area (TPSA) is 133 Å². The number of rotatable bonds is 6. The first-order chi connectivity index (χ1) is 39.3. The van der Waals surface area contributed by atoms with Crippen LogP contribution in [0.1, 0.15) is 108 Å². The van der Waals surface area contributed by atoms with E-state index in [9.17, 15) is 19.2 Å². The number of hydrogen-bond acceptors (Lipinski definition) is 12. The summed E-state index contributed by atoms with van der Waals surface area (Å²) in [6.45, 7) is 24.8. The molecule has 2 aromatic heterocycles. The Hall–Kier alpha value is -9.94. The second-order valence-corrected chi connectivity index (χ2v) is 22.5. The summed E-state index contributed by atoms with van der Waals surface area (Å²) < 4.78 is 0. The lowest BCUT2D eigenvalue weighted by atomic mass is 10.0. The predicted octanol–water partition coefficient (Wildman–Crippen LogP) is 15.5. The van der Waals surface area contributed by atoms with Crippen LogP contribution in [0, 0.1) is 83.1 Å². The number of aryl methyl sites for hydroxylation is 12. The van der Waals surface area contributed by atoms with Crippen LogP contribution in [0.5, 0.6) is 0 Å². The number of aromatic nitrogens is 4. The van der Waals surface area contributed by atoms with Gasteiger partial charge < -0.3 is 0 Å². The molecule has 9 aromatic rings. The van der Waals surface area contributed by atoms with Gasteiger partial charge in [0.25, 0.3) is 0 Å². The molecule has 4 heterocycles. The van der Waals surface area contributed by atoms with E-state index in [1.54, 1.807) is 24.3 Å². The molecule has 2 aliphatic heterocycles. The van der Waals surface area contributed by atoms with E-state index in [1.807, 2.05) is 48.5 Å². The normalized spacial score (nSPS) is 14.5.